The van der Waals surface area contributed by atoms with Crippen LogP contribution in [0.1, 0.15) is 30.3 Å². The molecule has 152 valence electrons. The third kappa shape index (κ3) is 4.75. The minimum atomic E-state index is 0.119. The Hall–Kier alpha value is -2.48. The summed E-state index contributed by atoms with van der Waals surface area (Å²) in [4.78, 5) is 11.5. The summed E-state index contributed by atoms with van der Waals surface area (Å²) >= 11 is 6.00. The Morgan fingerprint density at radius 1 is 1.28 bits per heavy atom. The second-order valence-corrected chi connectivity index (χ2v) is 7.47. The number of hydrogen-bond acceptors (Lipinski definition) is 7. The summed E-state index contributed by atoms with van der Waals surface area (Å²) in [6.45, 7) is 3.08. The Bertz CT molecular complexity index is 931. The largest absolute Gasteiger partial charge is 0.383 e. The molecule has 0 bridgehead atoms. The third-order valence-electron chi connectivity index (χ3n) is 5.04. The van der Waals surface area contributed by atoms with E-state index in [1.165, 1.54) is 5.56 Å². The van der Waals surface area contributed by atoms with Crippen molar-refractivity contribution in [1.29, 1.82) is 0 Å². The van der Waals surface area contributed by atoms with Crippen LogP contribution in [0, 0.1) is 0 Å². The van der Waals surface area contributed by atoms with Crippen molar-refractivity contribution in [3.8, 4) is 11.4 Å². The molecule has 1 saturated heterocycles. The van der Waals surface area contributed by atoms with E-state index in [1.54, 1.807) is 13.3 Å². The number of pyridine rings is 1. The molecule has 2 aromatic heterocycles. The Balaban J connectivity index is 1.50. The number of aromatic nitrogens is 3. The molecule has 8 heteroatoms. The molecule has 4 rings (SSSR count). The molecule has 0 unspecified atom stereocenters. The fourth-order valence-corrected chi connectivity index (χ4v) is 3.72. The highest BCUT2D eigenvalue weighted by Crippen LogP contribution is 2.34. The van der Waals surface area contributed by atoms with Crippen molar-refractivity contribution in [3.63, 3.8) is 0 Å². The molecular weight excluding hydrogens is 390 g/mol. The molecule has 1 aromatic carbocycles. The van der Waals surface area contributed by atoms with Gasteiger partial charge in [-0.2, -0.15) is 4.98 Å². The quantitative estimate of drug-likeness (QED) is 0.555. The molecule has 1 aliphatic rings. The summed E-state index contributed by atoms with van der Waals surface area (Å²) in [5.74, 6) is 1.92. The fourth-order valence-electron chi connectivity index (χ4n) is 3.60. The van der Waals surface area contributed by atoms with Gasteiger partial charge in [-0.15, -0.1) is 0 Å². The highest BCUT2D eigenvalue weighted by atomic mass is 35.5. The van der Waals surface area contributed by atoms with Gasteiger partial charge in [-0.05, 0) is 49.2 Å². The Morgan fingerprint density at radius 2 is 2.14 bits per heavy atom. The predicted molar refractivity (Wildman–Crippen MR) is 112 cm³/mol. The van der Waals surface area contributed by atoms with Crippen molar-refractivity contribution >= 4 is 17.4 Å². The van der Waals surface area contributed by atoms with Crippen LogP contribution >= 0.6 is 11.6 Å². The topological polar surface area (TPSA) is 76.3 Å². The molecule has 1 aliphatic heterocycles. The number of rotatable bonds is 8. The van der Waals surface area contributed by atoms with Crippen LogP contribution in [0.2, 0.25) is 5.02 Å². The Labute approximate surface area is 175 Å². The standard InChI is InChI=1S/C21H24ClN5O2/c1-28-13-11-24-19-17(4-2-10-23-19)20-25-21(29-26-20)18-5-3-12-27(18)14-15-6-8-16(22)9-7-15/h2,4,6-10,18H,3,5,11-14H2,1H3,(H,23,24)/t18-/m0/s1. The fraction of sp³-hybridized carbons (Fsp3) is 0.381. The van der Waals surface area contributed by atoms with Gasteiger partial charge in [-0.1, -0.05) is 28.9 Å². The first kappa shape index (κ1) is 19.8. The number of nitrogens with zero attached hydrogens (tertiary/aromatic N) is 4. The van der Waals surface area contributed by atoms with Gasteiger partial charge in [-0.25, -0.2) is 4.98 Å². The average Bonchev–Trinajstić information content (AvgIpc) is 3.40. The number of nitrogens with one attached hydrogen (secondary N) is 1. The third-order valence-corrected chi connectivity index (χ3v) is 5.29. The van der Waals surface area contributed by atoms with Crippen molar-refractivity contribution < 1.29 is 9.26 Å². The number of anilines is 1. The van der Waals surface area contributed by atoms with E-state index < -0.39 is 0 Å². The molecule has 3 aromatic rings. The van der Waals surface area contributed by atoms with E-state index in [2.05, 4.69) is 32.5 Å². The van der Waals surface area contributed by atoms with Gasteiger partial charge in [-0.3, -0.25) is 4.90 Å². The van der Waals surface area contributed by atoms with E-state index in [4.69, 9.17) is 25.8 Å². The van der Waals surface area contributed by atoms with Crippen molar-refractivity contribution in [2.45, 2.75) is 25.4 Å². The minimum absolute atomic E-state index is 0.119. The first-order valence-electron chi connectivity index (χ1n) is 9.75. The lowest BCUT2D eigenvalue weighted by molar-refractivity contribution is 0.201. The molecule has 0 saturated carbocycles. The summed E-state index contributed by atoms with van der Waals surface area (Å²) < 4.78 is 10.8. The van der Waals surface area contributed by atoms with Crippen LogP contribution in [0.5, 0.6) is 0 Å². The second-order valence-electron chi connectivity index (χ2n) is 7.03. The zero-order valence-electron chi connectivity index (χ0n) is 16.3. The highest BCUT2D eigenvalue weighted by molar-refractivity contribution is 6.30. The minimum Gasteiger partial charge on any atom is -0.383 e. The molecular formula is C21H24ClN5O2. The second kappa shape index (κ2) is 9.35. The van der Waals surface area contributed by atoms with Crippen LogP contribution in [0.3, 0.4) is 0 Å². The van der Waals surface area contributed by atoms with Gasteiger partial charge in [0.15, 0.2) is 0 Å². The van der Waals surface area contributed by atoms with Crippen molar-refractivity contribution in [2.75, 3.05) is 32.1 Å². The van der Waals surface area contributed by atoms with Gasteiger partial charge in [0.1, 0.15) is 5.82 Å². The maximum absolute atomic E-state index is 6.00. The van der Waals surface area contributed by atoms with Gasteiger partial charge >= 0.3 is 0 Å². The zero-order valence-corrected chi connectivity index (χ0v) is 17.1. The molecule has 29 heavy (non-hydrogen) atoms. The highest BCUT2D eigenvalue weighted by Gasteiger charge is 2.31. The lowest BCUT2D eigenvalue weighted by atomic mass is 10.2. The summed E-state index contributed by atoms with van der Waals surface area (Å²) in [5.41, 5.74) is 2.04. The monoisotopic (exact) mass is 413 g/mol. The number of methoxy groups -OCH3 is 1. The average molecular weight is 414 g/mol. The van der Waals surface area contributed by atoms with Crippen LogP contribution in [0.15, 0.2) is 47.1 Å². The van der Waals surface area contributed by atoms with E-state index in [1.807, 2.05) is 24.3 Å². The normalized spacial score (nSPS) is 17.0. The summed E-state index contributed by atoms with van der Waals surface area (Å²) in [5, 5.41) is 8.24. The molecule has 0 spiro atoms. The van der Waals surface area contributed by atoms with Crippen LogP contribution < -0.4 is 5.32 Å². The first-order valence-corrected chi connectivity index (χ1v) is 10.1. The van der Waals surface area contributed by atoms with Gasteiger partial charge in [0, 0.05) is 31.4 Å². The van der Waals surface area contributed by atoms with Gasteiger partial charge in [0.25, 0.3) is 0 Å². The van der Waals surface area contributed by atoms with E-state index in [-0.39, 0.29) is 6.04 Å². The number of ether oxygens (including phenoxy) is 1. The maximum Gasteiger partial charge on any atom is 0.244 e. The maximum atomic E-state index is 6.00. The number of benzene rings is 1. The van der Waals surface area contributed by atoms with Gasteiger partial charge < -0.3 is 14.6 Å². The van der Waals surface area contributed by atoms with E-state index in [0.29, 0.717) is 24.9 Å². The molecule has 1 N–H and O–H groups in total. The van der Waals surface area contributed by atoms with Crippen LogP contribution in [-0.2, 0) is 11.3 Å². The van der Waals surface area contributed by atoms with Crippen molar-refractivity contribution in [1.82, 2.24) is 20.0 Å². The van der Waals surface area contributed by atoms with Crippen LogP contribution in [0.25, 0.3) is 11.4 Å². The Morgan fingerprint density at radius 3 is 2.97 bits per heavy atom. The molecule has 0 radical (unpaired) electrons. The smallest absolute Gasteiger partial charge is 0.244 e. The van der Waals surface area contributed by atoms with Gasteiger partial charge in [0.2, 0.25) is 11.7 Å². The molecule has 3 heterocycles. The molecule has 7 nitrogen and oxygen atoms in total. The van der Waals surface area contributed by atoms with Crippen LogP contribution in [0.4, 0.5) is 5.82 Å². The summed E-state index contributed by atoms with van der Waals surface area (Å²) in [7, 11) is 1.67. The summed E-state index contributed by atoms with van der Waals surface area (Å²) in [6.07, 6.45) is 3.85. The number of halogens is 1. The van der Waals surface area contributed by atoms with Gasteiger partial charge in [0.05, 0.1) is 18.2 Å². The zero-order chi connectivity index (χ0) is 20.1. The van der Waals surface area contributed by atoms with Crippen molar-refractivity contribution in [2.24, 2.45) is 0 Å². The van der Waals surface area contributed by atoms with E-state index in [9.17, 15) is 0 Å². The van der Waals surface area contributed by atoms with Crippen LogP contribution in [-0.4, -0.2) is 46.8 Å². The molecule has 0 amide bonds. The number of hydrogen-bond donors (Lipinski definition) is 1. The molecule has 1 fully saturated rings. The summed E-state index contributed by atoms with van der Waals surface area (Å²) in [6, 6.07) is 11.9. The predicted octanol–water partition coefficient (Wildman–Crippen LogP) is 4.18. The molecule has 1 atom stereocenters. The first-order chi connectivity index (χ1) is 14.2. The van der Waals surface area contributed by atoms with E-state index >= 15 is 0 Å². The SMILES string of the molecule is COCCNc1ncccc1-c1noc([C@@H]2CCCN2Cc2ccc(Cl)cc2)n1. The molecule has 0 aliphatic carbocycles. The lowest BCUT2D eigenvalue weighted by Crippen LogP contribution is -2.23. The Kier molecular flexibility index (Phi) is 6.39. The lowest BCUT2D eigenvalue weighted by Gasteiger charge is -2.21. The van der Waals surface area contributed by atoms with Crippen molar-refractivity contribution in [3.05, 3.63) is 59.1 Å². The van der Waals surface area contributed by atoms with E-state index in [0.717, 1.165) is 42.3 Å². The number of likely N-dealkylation sites (tertiary alicyclic amines) is 1.